The maximum absolute atomic E-state index is 9.38. The summed E-state index contributed by atoms with van der Waals surface area (Å²) in [7, 11) is 0. The van der Waals surface area contributed by atoms with Crippen LogP contribution in [0.25, 0.3) is 22.3 Å². The molecular weight excluding hydrogens is 1370 g/mol. The first-order chi connectivity index (χ1) is 17.6. The minimum Gasteiger partial charge on any atom is -0.192 e. The second-order valence-corrected chi connectivity index (χ2v) is 16.4. The smallest absolute Gasteiger partial charge is 0.100 e. The lowest BCUT2D eigenvalue weighted by Gasteiger charge is -2.16. The average molecular weight is 1380 g/mol. The van der Waals surface area contributed by atoms with Gasteiger partial charge >= 0.3 is 0 Å². The van der Waals surface area contributed by atoms with Crippen LogP contribution in [0.15, 0.2) is 48.5 Å². The van der Waals surface area contributed by atoms with E-state index in [1.165, 1.54) is 36.5 Å². The second kappa shape index (κ2) is 13.8. The molecule has 0 saturated heterocycles. The highest BCUT2D eigenvalue weighted by Crippen LogP contribution is 2.39. The summed E-state index contributed by atoms with van der Waals surface area (Å²) in [4.78, 5) is 0. The maximum atomic E-state index is 9.38. The van der Waals surface area contributed by atoms with Crippen LogP contribution < -0.4 is 0 Å². The van der Waals surface area contributed by atoms with Crippen molar-refractivity contribution in [1.29, 1.82) is 10.5 Å². The molecule has 0 aliphatic rings. The first-order valence-electron chi connectivity index (χ1n) is 10.3. The van der Waals surface area contributed by atoms with E-state index in [0.717, 1.165) is 31.8 Å². The Morgan fingerprint density at radius 2 is 0.703 bits per heavy atom. The van der Waals surface area contributed by atoms with Crippen LogP contribution in [0, 0.1) is 51.2 Å². The predicted octanol–water partition coefficient (Wildman–Crippen LogP) is 11.2. The van der Waals surface area contributed by atoms with Gasteiger partial charge in [0.15, 0.2) is 0 Å². The average Bonchev–Trinajstić information content (AvgIpc) is 2.89. The Morgan fingerprint density at radius 3 is 1.03 bits per heavy atom. The van der Waals surface area contributed by atoms with Gasteiger partial charge < -0.3 is 0 Å². The third kappa shape index (κ3) is 6.54. The predicted molar refractivity (Wildman–Crippen MR) is 218 cm³/mol. The van der Waals surface area contributed by atoms with Crippen molar-refractivity contribution >= 4 is 181 Å². The van der Waals surface area contributed by atoms with E-state index in [-0.39, 0.29) is 0 Å². The van der Waals surface area contributed by atoms with Crippen molar-refractivity contribution in [2.24, 2.45) is 0 Å². The summed E-state index contributed by atoms with van der Waals surface area (Å²) in [6, 6.07) is 21.4. The molecule has 37 heavy (non-hydrogen) atoms. The molecule has 0 amide bonds. The molecular formula is C27H10I8N2. The van der Waals surface area contributed by atoms with Crippen LogP contribution in [0.2, 0.25) is 0 Å². The van der Waals surface area contributed by atoms with Crippen LogP contribution in [-0.4, -0.2) is 0 Å². The zero-order valence-electron chi connectivity index (χ0n) is 18.2. The third-order valence-corrected chi connectivity index (χ3v) is 19.0. The molecule has 0 spiro atoms. The molecule has 0 N–H and O–H groups in total. The summed E-state index contributed by atoms with van der Waals surface area (Å²) in [5.74, 6) is 0. The first kappa shape index (κ1) is 31.6. The van der Waals surface area contributed by atoms with Crippen LogP contribution in [0.4, 0.5) is 0 Å². The minimum absolute atomic E-state index is 0.716. The normalized spacial score (nSPS) is 10.8. The van der Waals surface area contributed by atoms with E-state index in [9.17, 15) is 10.5 Å². The summed E-state index contributed by atoms with van der Waals surface area (Å²) in [5.41, 5.74) is 8.76. The number of halogens is 8. The minimum atomic E-state index is 0.716. The van der Waals surface area contributed by atoms with Crippen molar-refractivity contribution in [3.8, 4) is 34.4 Å². The molecule has 0 radical (unpaired) electrons. The Hall–Kier alpha value is 1.70. The molecule has 10 heteroatoms. The highest BCUT2D eigenvalue weighted by atomic mass is 127. The van der Waals surface area contributed by atoms with Crippen molar-refractivity contribution in [2.75, 3.05) is 0 Å². The summed E-state index contributed by atoms with van der Waals surface area (Å²) in [6.07, 6.45) is 0.854. The largest absolute Gasteiger partial charge is 0.192 e. The van der Waals surface area contributed by atoms with Gasteiger partial charge in [-0.1, -0.05) is 36.4 Å². The molecule has 4 rings (SSSR count). The van der Waals surface area contributed by atoms with Gasteiger partial charge in [-0.15, -0.1) is 0 Å². The van der Waals surface area contributed by atoms with Crippen LogP contribution in [0.3, 0.4) is 0 Å². The molecule has 0 atom stereocenters. The Kier molecular flexibility index (Phi) is 11.8. The Balaban J connectivity index is 1.71. The van der Waals surface area contributed by atoms with Crippen LogP contribution in [0.1, 0.15) is 22.3 Å². The fourth-order valence-corrected chi connectivity index (χ4v) is 9.42. The van der Waals surface area contributed by atoms with Gasteiger partial charge in [-0.3, -0.25) is 0 Å². The Morgan fingerprint density at radius 1 is 0.405 bits per heavy atom. The summed E-state index contributed by atoms with van der Waals surface area (Å²) < 4.78 is 9.23. The highest BCUT2D eigenvalue weighted by Gasteiger charge is 2.19. The van der Waals surface area contributed by atoms with E-state index in [1.807, 2.05) is 12.1 Å². The molecule has 2 nitrogen and oxygen atoms in total. The maximum Gasteiger partial charge on any atom is 0.100 e. The second-order valence-electron chi connectivity index (χ2n) is 7.78. The number of nitriles is 2. The quantitative estimate of drug-likeness (QED) is 0.191. The zero-order chi connectivity index (χ0) is 27.0. The number of nitrogens with zero attached hydrogens (tertiary/aromatic N) is 2. The molecule has 184 valence electrons. The highest BCUT2D eigenvalue weighted by molar-refractivity contribution is 14.1. The van der Waals surface area contributed by atoms with E-state index in [2.05, 4.69) is 229 Å². The van der Waals surface area contributed by atoms with Crippen LogP contribution in [0.5, 0.6) is 0 Å². The summed E-state index contributed by atoms with van der Waals surface area (Å²) in [5, 5.41) is 18.8. The number of rotatable bonds is 4. The molecule has 4 aromatic rings. The first-order valence-corrected chi connectivity index (χ1v) is 18.9. The Bertz CT molecular complexity index is 1540. The standard InChI is InChI=1S/C27H10I8N2/c28-20-12(1-5-16(24(20)32)18-7-3-14(10-36)22(30)26(18)34)9-13-2-6-17(25(33)21(13)29)19-8-4-15(11-37)23(31)27(19)35/h1-8H,9H2. The number of hydrogen-bond donors (Lipinski definition) is 0. The Labute approximate surface area is 325 Å². The molecule has 4 aromatic carbocycles. The summed E-state index contributed by atoms with van der Waals surface area (Å²) >= 11 is 19.1. The van der Waals surface area contributed by atoms with Crippen molar-refractivity contribution in [3.63, 3.8) is 0 Å². The lowest BCUT2D eigenvalue weighted by molar-refractivity contribution is 1.15. The van der Waals surface area contributed by atoms with Crippen LogP contribution in [-0.2, 0) is 6.42 Å². The fourth-order valence-electron chi connectivity index (χ4n) is 3.76. The van der Waals surface area contributed by atoms with Gasteiger partial charge in [0.2, 0.25) is 0 Å². The topological polar surface area (TPSA) is 47.6 Å². The van der Waals surface area contributed by atoms with E-state index in [4.69, 9.17) is 0 Å². The van der Waals surface area contributed by atoms with E-state index in [0.29, 0.717) is 11.1 Å². The lowest BCUT2D eigenvalue weighted by Crippen LogP contribution is -2.02. The zero-order valence-corrected chi connectivity index (χ0v) is 35.5. The number of benzene rings is 4. The molecule has 0 fully saturated rings. The van der Waals surface area contributed by atoms with Crippen molar-refractivity contribution < 1.29 is 0 Å². The van der Waals surface area contributed by atoms with Crippen molar-refractivity contribution in [2.45, 2.75) is 6.42 Å². The van der Waals surface area contributed by atoms with Gasteiger partial charge in [-0.2, -0.15) is 10.5 Å². The molecule has 0 aromatic heterocycles. The van der Waals surface area contributed by atoms with E-state index < -0.39 is 0 Å². The molecule has 0 bridgehead atoms. The fraction of sp³-hybridized carbons (Fsp3) is 0.0370. The van der Waals surface area contributed by atoms with Gasteiger partial charge in [0.1, 0.15) is 12.1 Å². The summed E-state index contributed by atoms with van der Waals surface area (Å²) in [6.45, 7) is 0. The molecule has 0 saturated carbocycles. The van der Waals surface area contributed by atoms with Gasteiger partial charge in [0, 0.05) is 28.6 Å². The number of hydrogen-bond acceptors (Lipinski definition) is 2. The molecule has 0 unspecified atom stereocenters. The SMILES string of the molecule is N#Cc1ccc(-c2ccc(Cc3ccc(-c4ccc(C#N)c(I)c4I)c(I)c3I)c(I)c2I)c(I)c1I. The van der Waals surface area contributed by atoms with Gasteiger partial charge in [0.05, 0.1) is 11.1 Å². The van der Waals surface area contributed by atoms with Gasteiger partial charge in [-0.05, 0) is 233 Å². The molecule has 0 heterocycles. The van der Waals surface area contributed by atoms with E-state index >= 15 is 0 Å². The van der Waals surface area contributed by atoms with Gasteiger partial charge in [0.25, 0.3) is 0 Å². The molecule has 0 aliphatic heterocycles. The molecule has 0 aliphatic carbocycles. The van der Waals surface area contributed by atoms with Crippen LogP contribution >= 0.6 is 181 Å². The monoisotopic (exact) mass is 1380 g/mol. The third-order valence-electron chi connectivity index (χ3n) is 5.69. The van der Waals surface area contributed by atoms with E-state index in [1.54, 1.807) is 0 Å². The van der Waals surface area contributed by atoms with Crippen molar-refractivity contribution in [3.05, 3.63) is 99.3 Å². The lowest BCUT2D eigenvalue weighted by atomic mass is 9.98. The van der Waals surface area contributed by atoms with Gasteiger partial charge in [-0.25, -0.2) is 0 Å². The van der Waals surface area contributed by atoms with Crippen molar-refractivity contribution in [1.82, 2.24) is 0 Å².